The predicted octanol–water partition coefficient (Wildman–Crippen LogP) is 4.42. The second-order valence-electron chi connectivity index (χ2n) is 6.49. The van der Waals surface area contributed by atoms with E-state index in [1.165, 1.54) is 17.7 Å². The quantitative estimate of drug-likeness (QED) is 0.710. The summed E-state index contributed by atoms with van der Waals surface area (Å²) in [6.07, 6.45) is 3.81. The molecule has 0 heterocycles. The number of carbonyl (C=O) groups excluding carboxylic acids is 1. The third-order valence-electron chi connectivity index (χ3n) is 4.61. The van der Waals surface area contributed by atoms with Gasteiger partial charge in [0.15, 0.2) is 0 Å². The molecule has 7 heteroatoms. The summed E-state index contributed by atoms with van der Waals surface area (Å²) < 4.78 is 28.6. The van der Waals surface area contributed by atoms with Gasteiger partial charge in [0.05, 0.1) is 6.04 Å². The zero-order valence-corrected chi connectivity index (χ0v) is 15.6. The average Bonchev–Trinajstić information content (AvgIpc) is 2.60. The van der Waals surface area contributed by atoms with E-state index >= 15 is 0 Å². The van der Waals surface area contributed by atoms with Crippen LogP contribution in [0.15, 0.2) is 42.5 Å². The molecule has 0 saturated heterocycles. The monoisotopic (exact) mass is 396 g/mol. The Bertz CT molecular complexity index is 769. The van der Waals surface area contributed by atoms with Gasteiger partial charge in [-0.1, -0.05) is 18.2 Å². The van der Waals surface area contributed by atoms with Crippen LogP contribution >= 0.6 is 12.4 Å². The maximum absolute atomic E-state index is 12.3. The number of benzene rings is 2. The number of anilines is 1. The van der Waals surface area contributed by atoms with E-state index in [-0.39, 0.29) is 30.1 Å². The molecule has 0 aliphatic heterocycles. The van der Waals surface area contributed by atoms with Gasteiger partial charge >= 0.3 is 6.61 Å². The highest BCUT2D eigenvalue weighted by Gasteiger charge is 2.21. The van der Waals surface area contributed by atoms with Gasteiger partial charge in [-0.05, 0) is 66.6 Å². The van der Waals surface area contributed by atoms with Gasteiger partial charge in [0.25, 0.3) is 0 Å². The number of nitrogen functional groups attached to an aromatic ring is 1. The van der Waals surface area contributed by atoms with Crippen molar-refractivity contribution >= 4 is 24.0 Å². The molecule has 2 aromatic carbocycles. The number of fused-ring (bicyclic) bond motifs is 1. The highest BCUT2D eigenvalue weighted by Crippen LogP contribution is 2.31. The first-order chi connectivity index (χ1) is 12.5. The van der Waals surface area contributed by atoms with E-state index in [0.29, 0.717) is 12.8 Å². The lowest BCUT2D eigenvalue weighted by Crippen LogP contribution is -2.31. The number of nitrogens with two attached hydrogens (primary N) is 1. The summed E-state index contributed by atoms with van der Waals surface area (Å²) in [7, 11) is 0. The SMILES string of the molecule is Cl.Nc1ccc2c(c1)CCCC2NC(=O)CCc1ccc(OC(F)F)cc1. The summed E-state index contributed by atoms with van der Waals surface area (Å²) in [6, 6.07) is 12.2. The molecule has 0 radical (unpaired) electrons. The lowest BCUT2D eigenvalue weighted by Gasteiger charge is -2.26. The first-order valence-electron chi connectivity index (χ1n) is 8.72. The second-order valence-corrected chi connectivity index (χ2v) is 6.49. The number of amides is 1. The third-order valence-corrected chi connectivity index (χ3v) is 4.61. The van der Waals surface area contributed by atoms with Crippen LogP contribution in [0, 0.1) is 0 Å². The molecule has 2 aromatic rings. The van der Waals surface area contributed by atoms with Gasteiger partial charge < -0.3 is 15.8 Å². The molecule has 1 amide bonds. The van der Waals surface area contributed by atoms with Gasteiger partial charge in [0, 0.05) is 12.1 Å². The molecule has 0 fully saturated rings. The highest BCUT2D eigenvalue weighted by molar-refractivity contribution is 5.85. The van der Waals surface area contributed by atoms with Crippen LogP contribution in [0.2, 0.25) is 0 Å². The number of ether oxygens (including phenoxy) is 1. The van der Waals surface area contributed by atoms with Crippen LogP contribution in [0.25, 0.3) is 0 Å². The van der Waals surface area contributed by atoms with Crippen LogP contribution < -0.4 is 15.8 Å². The van der Waals surface area contributed by atoms with Crippen LogP contribution in [-0.4, -0.2) is 12.5 Å². The van der Waals surface area contributed by atoms with Crippen molar-refractivity contribution in [3.8, 4) is 5.75 Å². The van der Waals surface area contributed by atoms with E-state index in [1.54, 1.807) is 12.1 Å². The largest absolute Gasteiger partial charge is 0.435 e. The lowest BCUT2D eigenvalue weighted by atomic mass is 9.87. The van der Waals surface area contributed by atoms with Crippen molar-refractivity contribution in [2.75, 3.05) is 5.73 Å². The zero-order chi connectivity index (χ0) is 18.5. The number of hydrogen-bond acceptors (Lipinski definition) is 3. The van der Waals surface area contributed by atoms with Crippen LogP contribution in [0.1, 0.15) is 42.0 Å². The molecular weight excluding hydrogens is 374 g/mol. The van der Waals surface area contributed by atoms with Crippen molar-refractivity contribution in [2.45, 2.75) is 44.8 Å². The van der Waals surface area contributed by atoms with E-state index in [0.717, 1.165) is 36.1 Å². The van der Waals surface area contributed by atoms with Gasteiger partial charge in [0.1, 0.15) is 5.75 Å². The van der Waals surface area contributed by atoms with E-state index in [2.05, 4.69) is 10.1 Å². The summed E-state index contributed by atoms with van der Waals surface area (Å²) >= 11 is 0. The molecule has 146 valence electrons. The fraction of sp³-hybridized carbons (Fsp3) is 0.350. The first-order valence-corrected chi connectivity index (χ1v) is 8.72. The van der Waals surface area contributed by atoms with Crippen molar-refractivity contribution in [2.24, 2.45) is 0 Å². The van der Waals surface area contributed by atoms with Gasteiger partial charge in [-0.2, -0.15) is 8.78 Å². The maximum atomic E-state index is 12.3. The summed E-state index contributed by atoms with van der Waals surface area (Å²) in [4.78, 5) is 12.3. The standard InChI is InChI=1S/C20H22F2N2O2.ClH/c21-20(22)26-16-8-4-13(5-9-16)6-11-19(25)24-18-3-1-2-14-12-15(23)7-10-17(14)18;/h4-5,7-10,12,18,20H,1-3,6,11,23H2,(H,24,25);1H. The Kier molecular flexibility index (Phi) is 7.42. The number of nitrogens with one attached hydrogen (secondary N) is 1. The molecule has 0 saturated carbocycles. The number of rotatable bonds is 6. The molecule has 27 heavy (non-hydrogen) atoms. The predicted molar refractivity (Wildman–Crippen MR) is 103 cm³/mol. The van der Waals surface area contributed by atoms with E-state index < -0.39 is 6.61 Å². The molecule has 1 atom stereocenters. The number of hydrogen-bond donors (Lipinski definition) is 2. The van der Waals surface area contributed by atoms with E-state index in [1.807, 2.05) is 18.2 Å². The average molecular weight is 397 g/mol. The summed E-state index contributed by atoms with van der Waals surface area (Å²) in [5.74, 6) is 0.0962. The number of halogens is 3. The van der Waals surface area contributed by atoms with Crippen LogP contribution in [0.3, 0.4) is 0 Å². The molecule has 3 N–H and O–H groups in total. The van der Waals surface area contributed by atoms with E-state index in [9.17, 15) is 13.6 Å². The maximum Gasteiger partial charge on any atom is 0.387 e. The summed E-state index contributed by atoms with van der Waals surface area (Å²) in [6.45, 7) is -2.83. The fourth-order valence-corrected chi connectivity index (χ4v) is 3.35. The zero-order valence-electron chi connectivity index (χ0n) is 14.8. The van der Waals surface area contributed by atoms with Crippen molar-refractivity contribution in [1.82, 2.24) is 5.32 Å². The number of alkyl halides is 2. The minimum absolute atomic E-state index is 0. The van der Waals surface area contributed by atoms with Crippen molar-refractivity contribution < 1.29 is 18.3 Å². The minimum atomic E-state index is -2.83. The second kappa shape index (κ2) is 9.55. The van der Waals surface area contributed by atoms with Crippen LogP contribution in [0.5, 0.6) is 5.75 Å². The molecular formula is C20H23ClF2N2O2. The minimum Gasteiger partial charge on any atom is -0.435 e. The number of carbonyl (C=O) groups is 1. The molecule has 0 bridgehead atoms. The topological polar surface area (TPSA) is 64.3 Å². The van der Waals surface area contributed by atoms with Crippen LogP contribution in [-0.2, 0) is 17.6 Å². The highest BCUT2D eigenvalue weighted by atomic mass is 35.5. The summed E-state index contributed by atoms with van der Waals surface area (Å²) in [5, 5.41) is 3.10. The van der Waals surface area contributed by atoms with Crippen LogP contribution in [0.4, 0.5) is 14.5 Å². The molecule has 1 unspecified atom stereocenters. The lowest BCUT2D eigenvalue weighted by molar-refractivity contribution is -0.121. The van der Waals surface area contributed by atoms with Gasteiger partial charge in [-0.25, -0.2) is 0 Å². The van der Waals surface area contributed by atoms with Crippen molar-refractivity contribution in [3.05, 3.63) is 59.2 Å². The normalized spacial score (nSPS) is 15.6. The Hall–Kier alpha value is -2.34. The Morgan fingerprint density at radius 1 is 1.22 bits per heavy atom. The van der Waals surface area contributed by atoms with Gasteiger partial charge in [-0.3, -0.25) is 4.79 Å². The molecule has 0 aromatic heterocycles. The van der Waals surface area contributed by atoms with E-state index in [4.69, 9.17) is 5.73 Å². The third kappa shape index (κ3) is 5.82. The fourth-order valence-electron chi connectivity index (χ4n) is 3.35. The number of aryl methyl sites for hydroxylation is 2. The Morgan fingerprint density at radius 3 is 2.67 bits per heavy atom. The van der Waals surface area contributed by atoms with Crippen molar-refractivity contribution in [3.63, 3.8) is 0 Å². The smallest absolute Gasteiger partial charge is 0.387 e. The molecule has 1 aliphatic rings. The molecule has 3 rings (SSSR count). The Balaban J connectivity index is 0.00000261. The van der Waals surface area contributed by atoms with Gasteiger partial charge in [0.2, 0.25) is 5.91 Å². The van der Waals surface area contributed by atoms with Gasteiger partial charge in [-0.15, -0.1) is 12.4 Å². The molecule has 4 nitrogen and oxygen atoms in total. The molecule has 1 aliphatic carbocycles. The Labute approximate surface area is 163 Å². The first kappa shape index (κ1) is 21.0. The Morgan fingerprint density at radius 2 is 1.96 bits per heavy atom. The molecule has 0 spiro atoms. The van der Waals surface area contributed by atoms with Crippen molar-refractivity contribution in [1.29, 1.82) is 0 Å². The summed E-state index contributed by atoms with van der Waals surface area (Å²) in [5.41, 5.74) is 9.84.